The fraction of sp³-hybridized carbons (Fsp3) is 0.100. The molecule has 5 nitrogen and oxygen atoms in total. The minimum absolute atomic E-state index is 0.0170. The second kappa shape index (κ2) is 8.04. The number of para-hydroxylation sites is 1. The van der Waals surface area contributed by atoms with E-state index in [1.54, 1.807) is 11.0 Å². The van der Waals surface area contributed by atoms with Crippen molar-refractivity contribution in [2.45, 2.75) is 6.42 Å². The maximum atomic E-state index is 13.7. The lowest BCUT2D eigenvalue weighted by molar-refractivity contribution is 0.310. The molecular formula is C20H15Cl2FN4O. The third-order valence-corrected chi connectivity index (χ3v) is 4.93. The number of halogens is 3. The standard InChI is InChI=1S/C20H15Cl2FN4O/c21-15-8-9-16(23)19(22)13(15)10-12-28-20-14-5-1-2-6-17(14)27(26-20)25-18-7-3-4-11-24-18/h1-9,11H,10,12H2,(H,24,25). The summed E-state index contributed by atoms with van der Waals surface area (Å²) in [6, 6.07) is 15.9. The molecule has 0 unspecified atom stereocenters. The Morgan fingerprint density at radius 2 is 1.86 bits per heavy atom. The summed E-state index contributed by atoms with van der Waals surface area (Å²) in [5.41, 5.74) is 4.47. The first-order valence-electron chi connectivity index (χ1n) is 8.54. The second-order valence-corrected chi connectivity index (χ2v) is 6.77. The third-order valence-electron chi connectivity index (χ3n) is 4.17. The molecule has 0 amide bonds. The topological polar surface area (TPSA) is 52.0 Å². The molecule has 142 valence electrons. The third kappa shape index (κ3) is 3.74. The summed E-state index contributed by atoms with van der Waals surface area (Å²) in [6.07, 6.45) is 2.04. The van der Waals surface area contributed by atoms with Crippen LogP contribution in [-0.2, 0) is 6.42 Å². The van der Waals surface area contributed by atoms with Gasteiger partial charge in [-0.2, -0.15) is 4.79 Å². The quantitative estimate of drug-likeness (QED) is 0.429. The Morgan fingerprint density at radius 1 is 1.04 bits per heavy atom. The number of rotatable bonds is 6. The molecule has 0 atom stereocenters. The number of hydrogen-bond acceptors (Lipinski definition) is 4. The van der Waals surface area contributed by atoms with Crippen molar-refractivity contribution in [3.63, 3.8) is 0 Å². The molecule has 0 aliphatic heterocycles. The van der Waals surface area contributed by atoms with Gasteiger partial charge in [-0.3, -0.25) is 5.43 Å². The van der Waals surface area contributed by atoms with E-state index in [1.807, 2.05) is 42.5 Å². The Balaban J connectivity index is 1.55. The van der Waals surface area contributed by atoms with Gasteiger partial charge in [0, 0.05) is 17.6 Å². The van der Waals surface area contributed by atoms with E-state index in [0.29, 0.717) is 28.7 Å². The first kappa shape index (κ1) is 18.5. The molecule has 4 aromatic rings. The molecule has 0 saturated heterocycles. The maximum absolute atomic E-state index is 13.7. The van der Waals surface area contributed by atoms with Crippen LogP contribution in [0.15, 0.2) is 60.8 Å². The Labute approximate surface area is 170 Å². The monoisotopic (exact) mass is 416 g/mol. The average Bonchev–Trinajstić information content (AvgIpc) is 3.06. The average molecular weight is 417 g/mol. The number of ether oxygens (including phenoxy) is 1. The van der Waals surface area contributed by atoms with Gasteiger partial charge >= 0.3 is 0 Å². The number of pyridine rings is 1. The van der Waals surface area contributed by atoms with E-state index < -0.39 is 5.82 Å². The molecule has 4 rings (SSSR count). The predicted octanol–water partition coefficient (Wildman–Crippen LogP) is 5.37. The summed E-state index contributed by atoms with van der Waals surface area (Å²) < 4.78 is 19.5. The van der Waals surface area contributed by atoms with Crippen LogP contribution in [-0.4, -0.2) is 21.5 Å². The molecule has 8 heteroatoms. The Hall–Kier alpha value is -2.83. The van der Waals surface area contributed by atoms with Crippen LogP contribution < -0.4 is 10.2 Å². The lowest BCUT2D eigenvalue weighted by Gasteiger charge is -2.08. The molecule has 28 heavy (non-hydrogen) atoms. The van der Waals surface area contributed by atoms with E-state index in [2.05, 4.69) is 15.5 Å². The van der Waals surface area contributed by atoms with Crippen molar-refractivity contribution in [2.24, 2.45) is 0 Å². The van der Waals surface area contributed by atoms with Crippen LogP contribution in [0.3, 0.4) is 0 Å². The van der Waals surface area contributed by atoms with Crippen molar-refractivity contribution in [1.29, 1.82) is 0 Å². The van der Waals surface area contributed by atoms with Crippen molar-refractivity contribution >= 4 is 39.9 Å². The molecule has 2 aromatic carbocycles. The molecule has 0 aliphatic rings. The zero-order valence-electron chi connectivity index (χ0n) is 14.6. The normalized spacial score (nSPS) is 11.0. The highest BCUT2D eigenvalue weighted by atomic mass is 35.5. The Bertz CT molecular complexity index is 1120. The van der Waals surface area contributed by atoms with E-state index in [-0.39, 0.29) is 11.6 Å². The number of nitrogens with one attached hydrogen (secondary N) is 1. The van der Waals surface area contributed by atoms with Gasteiger partial charge in [-0.1, -0.05) is 41.4 Å². The summed E-state index contributed by atoms with van der Waals surface area (Å²) in [4.78, 5) is 5.85. The number of nitrogens with zero attached hydrogens (tertiary/aromatic N) is 3. The summed E-state index contributed by atoms with van der Waals surface area (Å²) in [5, 5.41) is 5.74. The molecule has 2 heterocycles. The highest BCUT2D eigenvalue weighted by molar-refractivity contribution is 6.36. The number of aromatic nitrogens is 3. The van der Waals surface area contributed by atoms with Gasteiger partial charge in [-0.05, 0) is 42.0 Å². The maximum Gasteiger partial charge on any atom is 0.242 e. The van der Waals surface area contributed by atoms with Gasteiger partial charge in [0.15, 0.2) is 0 Å². The van der Waals surface area contributed by atoms with Crippen LogP contribution in [0.25, 0.3) is 10.9 Å². The first-order chi connectivity index (χ1) is 13.6. The fourth-order valence-corrected chi connectivity index (χ4v) is 3.37. The first-order valence-corrected chi connectivity index (χ1v) is 9.30. The van der Waals surface area contributed by atoms with E-state index in [4.69, 9.17) is 27.9 Å². The zero-order valence-corrected chi connectivity index (χ0v) is 16.1. The van der Waals surface area contributed by atoms with Crippen LogP contribution >= 0.6 is 23.2 Å². The predicted molar refractivity (Wildman–Crippen MR) is 109 cm³/mol. The lowest BCUT2D eigenvalue weighted by Crippen LogP contribution is -2.12. The van der Waals surface area contributed by atoms with Gasteiger partial charge in [0.05, 0.1) is 22.5 Å². The van der Waals surface area contributed by atoms with Crippen LogP contribution in [0, 0.1) is 5.82 Å². The SMILES string of the molecule is Fc1ccc(Cl)c(CCOc2nn(Nc3ccccn3)c3ccccc23)c1Cl. The van der Waals surface area contributed by atoms with Crippen LogP contribution in [0.1, 0.15) is 5.56 Å². The number of anilines is 1. The summed E-state index contributed by atoms with van der Waals surface area (Å²) in [7, 11) is 0. The molecule has 0 fully saturated rings. The van der Waals surface area contributed by atoms with Gasteiger partial charge in [-0.15, -0.1) is 5.10 Å². The number of benzene rings is 2. The number of hydrogen-bond donors (Lipinski definition) is 1. The summed E-state index contributed by atoms with van der Waals surface area (Å²) in [5.74, 6) is 0.596. The van der Waals surface area contributed by atoms with Gasteiger partial charge in [0.2, 0.25) is 5.88 Å². The van der Waals surface area contributed by atoms with Crippen molar-refractivity contribution in [2.75, 3.05) is 12.0 Å². The van der Waals surface area contributed by atoms with Crippen LogP contribution in [0.4, 0.5) is 10.2 Å². The smallest absolute Gasteiger partial charge is 0.242 e. The number of fused-ring (bicyclic) bond motifs is 1. The largest absolute Gasteiger partial charge is 0.476 e. The second-order valence-electron chi connectivity index (χ2n) is 5.98. The molecule has 0 radical (unpaired) electrons. The zero-order chi connectivity index (χ0) is 19.5. The minimum Gasteiger partial charge on any atom is -0.476 e. The van der Waals surface area contributed by atoms with E-state index in [0.717, 1.165) is 10.9 Å². The molecular weight excluding hydrogens is 402 g/mol. The van der Waals surface area contributed by atoms with Crippen molar-refractivity contribution < 1.29 is 9.13 Å². The van der Waals surface area contributed by atoms with Crippen molar-refractivity contribution in [1.82, 2.24) is 14.9 Å². The molecule has 0 spiro atoms. The fourth-order valence-electron chi connectivity index (χ4n) is 2.81. The van der Waals surface area contributed by atoms with Crippen molar-refractivity contribution in [3.8, 4) is 5.88 Å². The van der Waals surface area contributed by atoms with Gasteiger partial charge < -0.3 is 4.74 Å². The highest BCUT2D eigenvalue weighted by Gasteiger charge is 2.14. The molecule has 1 N–H and O–H groups in total. The van der Waals surface area contributed by atoms with Gasteiger partial charge in [0.1, 0.15) is 11.6 Å². The van der Waals surface area contributed by atoms with E-state index in [9.17, 15) is 4.39 Å². The summed E-state index contributed by atoms with van der Waals surface area (Å²) in [6.45, 7) is 0.244. The molecule has 0 saturated carbocycles. The van der Waals surface area contributed by atoms with Crippen LogP contribution in [0.5, 0.6) is 5.88 Å². The minimum atomic E-state index is -0.504. The van der Waals surface area contributed by atoms with Crippen LogP contribution in [0.2, 0.25) is 10.0 Å². The van der Waals surface area contributed by atoms with Gasteiger partial charge in [-0.25, -0.2) is 9.37 Å². The Morgan fingerprint density at radius 3 is 2.68 bits per heavy atom. The highest BCUT2D eigenvalue weighted by Crippen LogP contribution is 2.29. The molecule has 0 aliphatic carbocycles. The van der Waals surface area contributed by atoms with Gasteiger partial charge in [0.25, 0.3) is 0 Å². The molecule has 0 bridgehead atoms. The van der Waals surface area contributed by atoms with E-state index in [1.165, 1.54) is 12.1 Å². The van der Waals surface area contributed by atoms with E-state index >= 15 is 0 Å². The Kier molecular flexibility index (Phi) is 5.32. The van der Waals surface area contributed by atoms with Crippen molar-refractivity contribution in [3.05, 3.63) is 82.2 Å². The summed E-state index contributed by atoms with van der Waals surface area (Å²) >= 11 is 12.1. The lowest BCUT2D eigenvalue weighted by atomic mass is 10.1. The molecule has 2 aromatic heterocycles.